The molecule has 0 aliphatic carbocycles. The Morgan fingerprint density at radius 1 is 1.80 bits per heavy atom. The first-order valence-electron chi connectivity index (χ1n) is 2.89. The fraction of sp³-hybridized carbons (Fsp3) is 0.286. The van der Waals surface area contributed by atoms with Crippen LogP contribution in [0.5, 0.6) is 0 Å². The Hall–Kier alpha value is -0.520. The third-order valence-corrected chi connectivity index (χ3v) is 2.27. The van der Waals surface area contributed by atoms with Crippen LogP contribution in [0.4, 0.5) is 0 Å². The van der Waals surface area contributed by atoms with E-state index in [4.69, 9.17) is 18.0 Å². The molecule has 10 heavy (non-hydrogen) atoms. The van der Waals surface area contributed by atoms with E-state index < -0.39 is 0 Å². The maximum Gasteiger partial charge on any atom is 0.185 e. The fourth-order valence-electron chi connectivity index (χ4n) is 0.675. The van der Waals surface area contributed by atoms with Gasteiger partial charge in [-0.1, -0.05) is 35.8 Å². The number of halogens is 1. The number of hydrogen-bond donors (Lipinski definition) is 0. The Balaban J connectivity index is 3.12. The molecule has 0 bridgehead atoms. The summed E-state index contributed by atoms with van der Waals surface area (Å²) in [6.45, 7) is 2.01. The molecular formula is C7H6ClNS. The van der Waals surface area contributed by atoms with Crippen LogP contribution < -0.4 is 0 Å². The molecular weight excluding hydrogens is 166 g/mol. The lowest BCUT2D eigenvalue weighted by atomic mass is 10.3. The highest BCUT2D eigenvalue weighted by Gasteiger charge is 2.04. The summed E-state index contributed by atoms with van der Waals surface area (Å²) >= 11 is 6.99. The molecule has 0 aliphatic heterocycles. The van der Waals surface area contributed by atoms with Crippen LogP contribution in [0.3, 0.4) is 0 Å². The largest absolute Gasteiger partial charge is 0.229 e. The zero-order valence-corrected chi connectivity index (χ0v) is 7.09. The van der Waals surface area contributed by atoms with Crippen molar-refractivity contribution < 1.29 is 0 Å². The lowest BCUT2D eigenvalue weighted by molar-refractivity contribution is 1.06. The van der Waals surface area contributed by atoms with Crippen molar-refractivity contribution >= 4 is 22.9 Å². The van der Waals surface area contributed by atoms with Crippen LogP contribution in [0.2, 0.25) is 4.47 Å². The van der Waals surface area contributed by atoms with Gasteiger partial charge in [-0.15, -0.1) is 6.42 Å². The average Bonchev–Trinajstić information content (AvgIpc) is 2.30. The number of hydrogen-bond acceptors (Lipinski definition) is 2. The van der Waals surface area contributed by atoms with Gasteiger partial charge in [0.1, 0.15) is 4.88 Å². The molecule has 0 atom stereocenters. The second-order valence-corrected chi connectivity index (χ2v) is 3.32. The van der Waals surface area contributed by atoms with Crippen LogP contribution in [0.25, 0.3) is 0 Å². The first kappa shape index (κ1) is 7.59. The summed E-state index contributed by atoms with van der Waals surface area (Å²) in [4.78, 5) is 4.90. The predicted molar refractivity (Wildman–Crippen MR) is 44.4 cm³/mol. The number of rotatable bonds is 1. The highest BCUT2D eigenvalue weighted by Crippen LogP contribution is 2.21. The summed E-state index contributed by atoms with van der Waals surface area (Å²) < 4.78 is 0.532. The zero-order chi connectivity index (χ0) is 7.56. The molecule has 0 unspecified atom stereocenters. The molecule has 0 N–H and O–H groups in total. The molecule has 1 heterocycles. The highest BCUT2D eigenvalue weighted by molar-refractivity contribution is 7.16. The fourth-order valence-corrected chi connectivity index (χ4v) is 1.70. The summed E-state index contributed by atoms with van der Waals surface area (Å²) in [5, 5.41) is 0. The van der Waals surface area contributed by atoms with E-state index in [1.54, 1.807) is 0 Å². The Morgan fingerprint density at radius 2 is 2.50 bits per heavy atom. The molecule has 0 fully saturated rings. The van der Waals surface area contributed by atoms with Gasteiger partial charge in [-0.25, -0.2) is 4.98 Å². The van der Waals surface area contributed by atoms with Crippen LogP contribution in [-0.4, -0.2) is 4.98 Å². The second kappa shape index (κ2) is 3.05. The van der Waals surface area contributed by atoms with Crippen molar-refractivity contribution in [1.29, 1.82) is 0 Å². The first-order chi connectivity index (χ1) is 4.77. The van der Waals surface area contributed by atoms with Crippen molar-refractivity contribution in [3.05, 3.63) is 15.0 Å². The third-order valence-electron chi connectivity index (χ3n) is 1.14. The molecule has 0 saturated heterocycles. The SMILES string of the molecule is C#Cc1sc(Cl)nc1CC. The Morgan fingerprint density at radius 3 is 2.90 bits per heavy atom. The smallest absolute Gasteiger partial charge is 0.185 e. The number of aryl methyl sites for hydroxylation is 1. The summed E-state index contributed by atoms with van der Waals surface area (Å²) in [5.41, 5.74) is 0.928. The van der Waals surface area contributed by atoms with Crippen molar-refractivity contribution in [3.63, 3.8) is 0 Å². The zero-order valence-electron chi connectivity index (χ0n) is 5.52. The van der Waals surface area contributed by atoms with E-state index in [0.717, 1.165) is 17.0 Å². The molecule has 0 spiro atoms. The van der Waals surface area contributed by atoms with Gasteiger partial charge in [-0.2, -0.15) is 0 Å². The number of thiazole rings is 1. The van der Waals surface area contributed by atoms with Crippen LogP contribution in [-0.2, 0) is 6.42 Å². The molecule has 0 radical (unpaired) electrons. The van der Waals surface area contributed by atoms with Crippen LogP contribution in [0.1, 0.15) is 17.5 Å². The molecule has 52 valence electrons. The maximum absolute atomic E-state index is 5.63. The van der Waals surface area contributed by atoms with Gasteiger partial charge >= 0.3 is 0 Å². The van der Waals surface area contributed by atoms with E-state index in [1.807, 2.05) is 6.92 Å². The summed E-state index contributed by atoms with van der Waals surface area (Å²) in [6.07, 6.45) is 6.05. The highest BCUT2D eigenvalue weighted by atomic mass is 35.5. The molecule has 3 heteroatoms. The molecule has 0 saturated carbocycles. The molecule has 1 aromatic heterocycles. The van der Waals surface area contributed by atoms with Crippen LogP contribution in [0.15, 0.2) is 0 Å². The number of nitrogens with zero attached hydrogens (tertiary/aromatic N) is 1. The van der Waals surface area contributed by atoms with E-state index in [-0.39, 0.29) is 0 Å². The van der Waals surface area contributed by atoms with Crippen molar-refractivity contribution in [3.8, 4) is 12.3 Å². The van der Waals surface area contributed by atoms with Gasteiger partial charge in [0.05, 0.1) is 5.69 Å². The minimum absolute atomic E-state index is 0.532. The third kappa shape index (κ3) is 1.31. The molecule has 1 aromatic rings. The van der Waals surface area contributed by atoms with Crippen molar-refractivity contribution in [2.45, 2.75) is 13.3 Å². The van der Waals surface area contributed by atoms with Crippen LogP contribution in [0, 0.1) is 12.3 Å². The molecule has 0 aliphatic rings. The topological polar surface area (TPSA) is 12.9 Å². The lowest BCUT2D eigenvalue weighted by Crippen LogP contribution is -1.81. The van der Waals surface area contributed by atoms with Gasteiger partial charge in [0, 0.05) is 0 Å². The normalized spacial score (nSPS) is 9.30. The minimum atomic E-state index is 0.532. The summed E-state index contributed by atoms with van der Waals surface area (Å²) in [6, 6.07) is 0. The van der Waals surface area contributed by atoms with Gasteiger partial charge in [0.15, 0.2) is 4.47 Å². The van der Waals surface area contributed by atoms with E-state index in [1.165, 1.54) is 11.3 Å². The van der Waals surface area contributed by atoms with Crippen molar-refractivity contribution in [2.75, 3.05) is 0 Å². The van der Waals surface area contributed by atoms with Crippen molar-refractivity contribution in [1.82, 2.24) is 4.98 Å². The van der Waals surface area contributed by atoms with Gasteiger partial charge in [-0.3, -0.25) is 0 Å². The van der Waals surface area contributed by atoms with Gasteiger partial charge in [-0.05, 0) is 6.42 Å². The first-order valence-corrected chi connectivity index (χ1v) is 4.09. The van der Waals surface area contributed by atoms with Crippen LogP contribution >= 0.6 is 22.9 Å². The van der Waals surface area contributed by atoms with Gasteiger partial charge < -0.3 is 0 Å². The monoisotopic (exact) mass is 171 g/mol. The maximum atomic E-state index is 5.63. The quantitative estimate of drug-likeness (QED) is 0.592. The standard InChI is InChI=1S/C7H6ClNS/c1-3-5-6(4-2)10-7(8)9-5/h2H,3H2,1H3. The Labute approximate surface area is 69.1 Å². The van der Waals surface area contributed by atoms with Crippen molar-refractivity contribution in [2.24, 2.45) is 0 Å². The van der Waals surface area contributed by atoms with E-state index in [9.17, 15) is 0 Å². The molecule has 0 amide bonds. The second-order valence-electron chi connectivity index (χ2n) is 1.74. The van der Waals surface area contributed by atoms with E-state index in [0.29, 0.717) is 4.47 Å². The molecule has 1 rings (SSSR count). The molecule has 0 aromatic carbocycles. The Bertz CT molecular complexity index is 272. The summed E-state index contributed by atoms with van der Waals surface area (Å²) in [7, 11) is 0. The number of aromatic nitrogens is 1. The van der Waals surface area contributed by atoms with E-state index >= 15 is 0 Å². The molecule has 1 nitrogen and oxygen atoms in total. The minimum Gasteiger partial charge on any atom is -0.229 e. The number of terminal acetylenes is 1. The lowest BCUT2D eigenvalue weighted by Gasteiger charge is -1.85. The Kier molecular flexibility index (Phi) is 2.31. The van der Waals surface area contributed by atoms with E-state index in [2.05, 4.69) is 10.9 Å². The van der Waals surface area contributed by atoms with Gasteiger partial charge in [0.25, 0.3) is 0 Å². The average molecular weight is 172 g/mol. The summed E-state index contributed by atoms with van der Waals surface area (Å²) in [5.74, 6) is 2.54. The van der Waals surface area contributed by atoms with Gasteiger partial charge in [0.2, 0.25) is 0 Å². The predicted octanol–water partition coefficient (Wildman–Crippen LogP) is 2.34.